The predicted octanol–water partition coefficient (Wildman–Crippen LogP) is 2.17. The van der Waals surface area contributed by atoms with Crippen molar-refractivity contribution in [2.45, 2.75) is 19.4 Å². The van der Waals surface area contributed by atoms with Crippen LogP contribution in [0.3, 0.4) is 0 Å². The van der Waals surface area contributed by atoms with Crippen LogP contribution in [-0.2, 0) is 4.74 Å². The molecule has 1 fully saturated rings. The molecule has 7 heteroatoms. The lowest BCUT2D eigenvalue weighted by molar-refractivity contribution is 0.0691. The molecule has 21 heavy (non-hydrogen) atoms. The summed E-state index contributed by atoms with van der Waals surface area (Å²) >= 11 is 0. The van der Waals surface area contributed by atoms with Crippen LogP contribution in [-0.4, -0.2) is 47.8 Å². The Labute approximate surface area is 121 Å². The Hall–Kier alpha value is -2.15. The maximum Gasteiger partial charge on any atom is 0.340 e. The van der Waals surface area contributed by atoms with Gasteiger partial charge in [0, 0.05) is 19.7 Å². The van der Waals surface area contributed by atoms with Crippen molar-refractivity contribution in [3.63, 3.8) is 0 Å². The molecule has 0 aliphatic carbocycles. The molecule has 1 atom stereocenters. The zero-order valence-electron chi connectivity index (χ0n) is 11.6. The third kappa shape index (κ3) is 3.69. The fraction of sp³-hybridized carbons (Fsp3) is 0.429. The zero-order valence-corrected chi connectivity index (χ0v) is 11.6. The Morgan fingerprint density at radius 1 is 1.48 bits per heavy atom. The molecule has 2 amide bonds. The number of carboxylic acids is 1. The molecule has 2 rings (SSSR count). The molecular formula is C14H17FN2O4. The summed E-state index contributed by atoms with van der Waals surface area (Å²) in [5.74, 6) is -2.30. The van der Waals surface area contributed by atoms with Crippen LogP contribution in [0.1, 0.15) is 23.7 Å². The maximum atomic E-state index is 13.6. The van der Waals surface area contributed by atoms with Crippen LogP contribution in [0.4, 0.5) is 14.9 Å². The van der Waals surface area contributed by atoms with E-state index < -0.39 is 23.4 Å². The number of nitrogens with one attached hydrogen (secondary N) is 1. The van der Waals surface area contributed by atoms with Crippen LogP contribution in [0.5, 0.6) is 0 Å². The smallest absolute Gasteiger partial charge is 0.340 e. The summed E-state index contributed by atoms with van der Waals surface area (Å²) in [6, 6.07) is 3.30. The fourth-order valence-electron chi connectivity index (χ4n) is 2.22. The molecular weight excluding hydrogens is 279 g/mol. The lowest BCUT2D eigenvalue weighted by Crippen LogP contribution is -2.39. The number of amides is 2. The van der Waals surface area contributed by atoms with Crippen LogP contribution < -0.4 is 5.32 Å². The second-order valence-corrected chi connectivity index (χ2v) is 4.88. The Bertz CT molecular complexity index is 550. The van der Waals surface area contributed by atoms with E-state index in [1.165, 1.54) is 17.0 Å². The molecule has 0 aromatic heterocycles. The molecule has 1 aliphatic rings. The topological polar surface area (TPSA) is 78.9 Å². The number of nitrogens with zero attached hydrogens (tertiary/aromatic N) is 1. The quantitative estimate of drug-likeness (QED) is 0.876. The first-order valence-electron chi connectivity index (χ1n) is 6.68. The highest BCUT2D eigenvalue weighted by Gasteiger charge is 2.22. The number of benzene rings is 1. The number of aromatic carboxylic acids is 1. The van der Waals surface area contributed by atoms with E-state index in [2.05, 4.69) is 5.32 Å². The van der Waals surface area contributed by atoms with Gasteiger partial charge in [-0.1, -0.05) is 6.07 Å². The van der Waals surface area contributed by atoms with E-state index in [-0.39, 0.29) is 11.8 Å². The Morgan fingerprint density at radius 2 is 2.24 bits per heavy atom. The first-order valence-corrected chi connectivity index (χ1v) is 6.68. The molecule has 0 spiro atoms. The van der Waals surface area contributed by atoms with Crippen molar-refractivity contribution in [2.24, 2.45) is 0 Å². The average Bonchev–Trinajstić information content (AvgIpc) is 2.63. The van der Waals surface area contributed by atoms with E-state index in [9.17, 15) is 14.0 Å². The monoisotopic (exact) mass is 296 g/mol. The van der Waals surface area contributed by atoms with E-state index in [1.807, 2.05) is 6.92 Å². The minimum absolute atomic E-state index is 0.0506. The van der Waals surface area contributed by atoms with Crippen molar-refractivity contribution in [1.82, 2.24) is 4.90 Å². The number of ether oxygens (including phenoxy) is 1. The zero-order chi connectivity index (χ0) is 15.4. The minimum atomic E-state index is -1.42. The van der Waals surface area contributed by atoms with Gasteiger partial charge in [0.05, 0.1) is 11.8 Å². The van der Waals surface area contributed by atoms with E-state index in [1.54, 1.807) is 0 Å². The average molecular weight is 296 g/mol. The second-order valence-electron chi connectivity index (χ2n) is 4.88. The van der Waals surface area contributed by atoms with Gasteiger partial charge in [-0.2, -0.15) is 0 Å². The molecule has 6 nitrogen and oxygen atoms in total. The molecule has 1 aromatic rings. The Balaban J connectivity index is 2.16. The molecule has 114 valence electrons. The number of carboxylic acid groups (broad SMARTS) is 1. The normalized spacial score (nSPS) is 19.0. The van der Waals surface area contributed by atoms with Crippen LogP contribution in [0, 0.1) is 5.82 Å². The van der Waals surface area contributed by atoms with Crippen molar-refractivity contribution in [3.8, 4) is 0 Å². The van der Waals surface area contributed by atoms with Gasteiger partial charge in [-0.3, -0.25) is 0 Å². The summed E-state index contributed by atoms with van der Waals surface area (Å²) in [5, 5.41) is 11.5. The van der Waals surface area contributed by atoms with E-state index >= 15 is 0 Å². The fourth-order valence-corrected chi connectivity index (χ4v) is 2.22. The number of urea groups is 1. The van der Waals surface area contributed by atoms with Gasteiger partial charge in [-0.25, -0.2) is 14.0 Å². The molecule has 1 unspecified atom stereocenters. The lowest BCUT2D eigenvalue weighted by Gasteiger charge is -2.23. The molecule has 1 saturated heterocycles. The SMILES string of the molecule is CC1CN(C(=O)Nc2cccc(F)c2C(=O)O)CCCO1. The van der Waals surface area contributed by atoms with Crippen LogP contribution in [0.25, 0.3) is 0 Å². The lowest BCUT2D eigenvalue weighted by atomic mass is 10.1. The Morgan fingerprint density at radius 3 is 2.95 bits per heavy atom. The number of hydrogen-bond donors (Lipinski definition) is 2. The van der Waals surface area contributed by atoms with Crippen molar-refractivity contribution in [3.05, 3.63) is 29.6 Å². The standard InChI is InChI=1S/C14H17FN2O4/c1-9-8-17(6-3-7-21-9)14(20)16-11-5-2-4-10(15)12(11)13(18)19/h2,4-5,9H,3,6-8H2,1H3,(H,16,20)(H,18,19). The number of carbonyl (C=O) groups is 2. The second kappa shape index (κ2) is 6.53. The van der Waals surface area contributed by atoms with Gasteiger partial charge >= 0.3 is 12.0 Å². The van der Waals surface area contributed by atoms with Crippen molar-refractivity contribution >= 4 is 17.7 Å². The molecule has 2 N–H and O–H groups in total. The summed E-state index contributed by atoms with van der Waals surface area (Å²) in [6.45, 7) is 3.35. The largest absolute Gasteiger partial charge is 0.478 e. The number of hydrogen-bond acceptors (Lipinski definition) is 3. The molecule has 1 aliphatic heterocycles. The van der Waals surface area contributed by atoms with Crippen LogP contribution >= 0.6 is 0 Å². The molecule has 0 saturated carbocycles. The Kier molecular flexibility index (Phi) is 4.74. The van der Waals surface area contributed by atoms with E-state index in [4.69, 9.17) is 9.84 Å². The molecule has 0 bridgehead atoms. The van der Waals surface area contributed by atoms with Gasteiger partial charge < -0.3 is 20.1 Å². The summed E-state index contributed by atoms with van der Waals surface area (Å²) in [6.07, 6.45) is 0.608. The van der Waals surface area contributed by atoms with Gasteiger partial charge in [0.2, 0.25) is 0 Å². The predicted molar refractivity (Wildman–Crippen MR) is 74.0 cm³/mol. The van der Waals surface area contributed by atoms with Gasteiger partial charge in [0.15, 0.2) is 0 Å². The maximum absolute atomic E-state index is 13.6. The molecule has 1 heterocycles. The van der Waals surface area contributed by atoms with Crippen LogP contribution in [0.15, 0.2) is 18.2 Å². The van der Waals surface area contributed by atoms with Crippen molar-refractivity contribution < 1.29 is 23.8 Å². The summed E-state index contributed by atoms with van der Waals surface area (Å²) in [7, 11) is 0. The summed E-state index contributed by atoms with van der Waals surface area (Å²) in [4.78, 5) is 24.8. The molecule has 0 radical (unpaired) electrons. The van der Waals surface area contributed by atoms with Crippen molar-refractivity contribution in [1.29, 1.82) is 0 Å². The summed E-state index contributed by atoms with van der Waals surface area (Å²) in [5.41, 5.74) is -0.588. The van der Waals surface area contributed by atoms with Gasteiger partial charge in [0.25, 0.3) is 0 Å². The first-order chi connectivity index (χ1) is 9.99. The summed E-state index contributed by atoms with van der Waals surface area (Å²) < 4.78 is 19.0. The molecule has 1 aromatic carbocycles. The van der Waals surface area contributed by atoms with E-state index in [0.29, 0.717) is 26.1 Å². The van der Waals surface area contributed by atoms with Gasteiger partial charge in [-0.15, -0.1) is 0 Å². The van der Waals surface area contributed by atoms with Crippen LogP contribution in [0.2, 0.25) is 0 Å². The van der Waals surface area contributed by atoms with Crippen molar-refractivity contribution in [2.75, 3.05) is 25.0 Å². The number of anilines is 1. The third-order valence-electron chi connectivity index (χ3n) is 3.21. The highest BCUT2D eigenvalue weighted by Crippen LogP contribution is 2.20. The van der Waals surface area contributed by atoms with Gasteiger partial charge in [-0.05, 0) is 25.5 Å². The number of halogens is 1. The third-order valence-corrected chi connectivity index (χ3v) is 3.21. The minimum Gasteiger partial charge on any atom is -0.478 e. The highest BCUT2D eigenvalue weighted by molar-refractivity contribution is 6.00. The number of rotatable bonds is 2. The number of carbonyl (C=O) groups excluding carboxylic acids is 1. The van der Waals surface area contributed by atoms with E-state index in [0.717, 1.165) is 6.07 Å². The highest BCUT2D eigenvalue weighted by atomic mass is 19.1. The van der Waals surface area contributed by atoms with Gasteiger partial charge in [0.1, 0.15) is 11.4 Å². The first kappa shape index (κ1) is 15.2.